The molecule has 0 unspecified atom stereocenters. The predicted octanol–water partition coefficient (Wildman–Crippen LogP) is 1.71. The molecule has 0 radical (unpaired) electrons. The lowest BCUT2D eigenvalue weighted by Gasteiger charge is -2.02. The topological polar surface area (TPSA) is 59.7 Å². The summed E-state index contributed by atoms with van der Waals surface area (Å²) in [4.78, 5) is 11.4. The molecule has 0 bridgehead atoms. The van der Waals surface area contributed by atoms with Gasteiger partial charge in [-0.25, -0.2) is 4.79 Å². The summed E-state index contributed by atoms with van der Waals surface area (Å²) < 4.78 is 9.83. The molecule has 1 N–H and O–H groups in total. The number of rotatable bonds is 2. The molecule has 4 heteroatoms. The number of ether oxygens (including phenoxy) is 1. The van der Waals surface area contributed by atoms with Crippen molar-refractivity contribution in [1.29, 1.82) is 0 Å². The Bertz CT molecular complexity index is 498. The molecule has 0 aliphatic carbocycles. The van der Waals surface area contributed by atoms with E-state index >= 15 is 0 Å². The van der Waals surface area contributed by atoms with Crippen LogP contribution in [0.3, 0.4) is 0 Å². The summed E-state index contributed by atoms with van der Waals surface area (Å²) in [5.41, 5.74) is 1.55. The average molecular weight is 206 g/mol. The number of hydrogen-bond acceptors (Lipinski definition) is 4. The Balaban J connectivity index is 2.68. The molecule has 1 heterocycles. The van der Waals surface area contributed by atoms with Crippen LogP contribution in [0.1, 0.15) is 15.9 Å². The Morgan fingerprint density at radius 2 is 2.27 bits per heavy atom. The third-order valence-electron chi connectivity index (χ3n) is 2.28. The number of methoxy groups -OCH3 is 1. The molecule has 1 aromatic carbocycles. The van der Waals surface area contributed by atoms with E-state index in [4.69, 9.17) is 9.52 Å². The Hall–Kier alpha value is -1.81. The maximum Gasteiger partial charge on any atom is 0.341 e. The van der Waals surface area contributed by atoms with Crippen molar-refractivity contribution in [3.8, 4) is 0 Å². The number of esters is 1. The maximum atomic E-state index is 11.4. The number of benzene rings is 1. The third-order valence-corrected chi connectivity index (χ3v) is 2.28. The number of carbonyl (C=O) groups is 1. The van der Waals surface area contributed by atoms with Crippen LogP contribution in [-0.2, 0) is 11.3 Å². The predicted molar refractivity (Wildman–Crippen MR) is 53.5 cm³/mol. The van der Waals surface area contributed by atoms with Gasteiger partial charge in [0.2, 0.25) is 0 Å². The van der Waals surface area contributed by atoms with Crippen LogP contribution in [0.25, 0.3) is 11.0 Å². The molecule has 2 rings (SSSR count). The zero-order valence-electron chi connectivity index (χ0n) is 8.19. The van der Waals surface area contributed by atoms with E-state index in [2.05, 4.69) is 4.74 Å². The van der Waals surface area contributed by atoms with E-state index in [-0.39, 0.29) is 6.61 Å². The highest BCUT2D eigenvalue weighted by atomic mass is 16.5. The molecule has 0 aliphatic rings. The van der Waals surface area contributed by atoms with Crippen molar-refractivity contribution in [2.24, 2.45) is 0 Å². The van der Waals surface area contributed by atoms with Gasteiger partial charge in [-0.3, -0.25) is 0 Å². The number of aliphatic hydroxyl groups excluding tert-OH is 1. The first-order valence-electron chi connectivity index (χ1n) is 4.46. The molecular weight excluding hydrogens is 196 g/mol. The van der Waals surface area contributed by atoms with Crippen molar-refractivity contribution < 1.29 is 19.1 Å². The van der Waals surface area contributed by atoms with Crippen LogP contribution in [0, 0.1) is 0 Å². The molecule has 1 aromatic heterocycles. The number of aliphatic hydroxyl groups is 1. The molecule has 0 saturated heterocycles. The summed E-state index contributed by atoms with van der Waals surface area (Å²) in [6, 6.07) is 4.99. The van der Waals surface area contributed by atoms with E-state index < -0.39 is 5.97 Å². The van der Waals surface area contributed by atoms with Gasteiger partial charge in [-0.1, -0.05) is 6.07 Å². The Morgan fingerprint density at radius 3 is 2.93 bits per heavy atom. The summed E-state index contributed by atoms with van der Waals surface area (Å²) >= 11 is 0. The second-order valence-corrected chi connectivity index (χ2v) is 3.09. The van der Waals surface area contributed by atoms with Gasteiger partial charge in [0.25, 0.3) is 0 Å². The minimum atomic E-state index is -0.445. The largest absolute Gasteiger partial charge is 0.465 e. The van der Waals surface area contributed by atoms with Gasteiger partial charge in [-0.05, 0) is 17.7 Å². The van der Waals surface area contributed by atoms with E-state index in [1.165, 1.54) is 13.4 Å². The number of furan rings is 1. The number of fused-ring (bicyclic) bond motifs is 1. The number of hydrogen-bond donors (Lipinski definition) is 1. The Labute approximate surface area is 86.1 Å². The van der Waals surface area contributed by atoms with Gasteiger partial charge in [0.05, 0.1) is 20.0 Å². The van der Waals surface area contributed by atoms with Gasteiger partial charge in [0.1, 0.15) is 11.1 Å². The summed E-state index contributed by atoms with van der Waals surface area (Å²) in [5.74, 6) is -0.445. The van der Waals surface area contributed by atoms with Crippen molar-refractivity contribution in [3.05, 3.63) is 35.6 Å². The third kappa shape index (κ3) is 1.49. The lowest BCUT2D eigenvalue weighted by molar-refractivity contribution is 0.0601. The molecule has 0 amide bonds. The van der Waals surface area contributed by atoms with Crippen molar-refractivity contribution in [3.63, 3.8) is 0 Å². The van der Waals surface area contributed by atoms with Crippen LogP contribution in [0.4, 0.5) is 0 Å². The van der Waals surface area contributed by atoms with Gasteiger partial charge >= 0.3 is 5.97 Å². The quantitative estimate of drug-likeness (QED) is 0.760. The summed E-state index contributed by atoms with van der Waals surface area (Å²) in [6.45, 7) is -0.0858. The highest BCUT2D eigenvalue weighted by Gasteiger charge is 2.14. The zero-order chi connectivity index (χ0) is 10.8. The smallest absolute Gasteiger partial charge is 0.341 e. The zero-order valence-corrected chi connectivity index (χ0v) is 8.19. The molecule has 0 spiro atoms. The fourth-order valence-electron chi connectivity index (χ4n) is 1.53. The van der Waals surface area contributed by atoms with Gasteiger partial charge in [0, 0.05) is 5.39 Å². The maximum absolute atomic E-state index is 11.4. The van der Waals surface area contributed by atoms with Gasteiger partial charge in [-0.2, -0.15) is 0 Å². The van der Waals surface area contributed by atoms with E-state index in [9.17, 15) is 4.79 Å². The minimum Gasteiger partial charge on any atom is -0.465 e. The van der Waals surface area contributed by atoms with Crippen molar-refractivity contribution in [1.82, 2.24) is 0 Å². The van der Waals surface area contributed by atoms with Crippen LogP contribution in [0.5, 0.6) is 0 Å². The Kier molecular flexibility index (Phi) is 2.43. The standard InChI is InChI=1S/C11H10O4/c1-14-11(13)9-3-2-7(6-12)8-4-5-15-10(8)9/h2-5,12H,6H2,1H3. The van der Waals surface area contributed by atoms with Crippen LogP contribution >= 0.6 is 0 Å². The molecule has 0 aliphatic heterocycles. The molecule has 0 fully saturated rings. The lowest BCUT2D eigenvalue weighted by atomic mass is 10.1. The molecule has 15 heavy (non-hydrogen) atoms. The van der Waals surface area contributed by atoms with Gasteiger partial charge in [-0.15, -0.1) is 0 Å². The first-order chi connectivity index (χ1) is 7.27. The van der Waals surface area contributed by atoms with Crippen molar-refractivity contribution >= 4 is 16.9 Å². The van der Waals surface area contributed by atoms with Crippen LogP contribution in [0.2, 0.25) is 0 Å². The van der Waals surface area contributed by atoms with Gasteiger partial charge < -0.3 is 14.3 Å². The second-order valence-electron chi connectivity index (χ2n) is 3.09. The van der Waals surface area contributed by atoms with Crippen LogP contribution in [0.15, 0.2) is 28.9 Å². The van der Waals surface area contributed by atoms with Gasteiger partial charge in [0.15, 0.2) is 0 Å². The van der Waals surface area contributed by atoms with Crippen molar-refractivity contribution in [2.75, 3.05) is 7.11 Å². The first kappa shape index (κ1) is 9.73. The monoisotopic (exact) mass is 206 g/mol. The summed E-state index contributed by atoms with van der Waals surface area (Å²) in [6.07, 6.45) is 1.48. The van der Waals surface area contributed by atoms with Crippen LogP contribution < -0.4 is 0 Å². The average Bonchev–Trinajstić information content (AvgIpc) is 2.75. The van der Waals surface area contributed by atoms with E-state index in [0.29, 0.717) is 11.1 Å². The van der Waals surface area contributed by atoms with E-state index in [1.54, 1.807) is 18.2 Å². The summed E-state index contributed by atoms with van der Waals surface area (Å²) in [7, 11) is 1.32. The second kappa shape index (κ2) is 3.74. The minimum absolute atomic E-state index is 0.0858. The number of carbonyl (C=O) groups excluding carboxylic acids is 1. The molecule has 4 nitrogen and oxygen atoms in total. The molecule has 0 atom stereocenters. The molecule has 78 valence electrons. The first-order valence-corrected chi connectivity index (χ1v) is 4.46. The SMILES string of the molecule is COC(=O)c1ccc(CO)c2ccoc12. The van der Waals surface area contributed by atoms with Crippen LogP contribution in [-0.4, -0.2) is 18.2 Å². The molecule has 2 aromatic rings. The fraction of sp³-hybridized carbons (Fsp3) is 0.182. The fourth-order valence-corrected chi connectivity index (χ4v) is 1.53. The lowest BCUT2D eigenvalue weighted by Crippen LogP contribution is -2.02. The highest BCUT2D eigenvalue weighted by molar-refractivity contribution is 6.02. The normalized spacial score (nSPS) is 10.5. The Morgan fingerprint density at radius 1 is 1.47 bits per heavy atom. The molecular formula is C11H10O4. The van der Waals surface area contributed by atoms with Crippen molar-refractivity contribution in [2.45, 2.75) is 6.61 Å². The highest BCUT2D eigenvalue weighted by Crippen LogP contribution is 2.24. The van der Waals surface area contributed by atoms with E-state index in [1.807, 2.05) is 0 Å². The molecule has 0 saturated carbocycles. The van der Waals surface area contributed by atoms with E-state index in [0.717, 1.165) is 10.9 Å². The summed E-state index contributed by atoms with van der Waals surface area (Å²) in [5, 5.41) is 9.82.